The Morgan fingerprint density at radius 2 is 1.88 bits per heavy atom. The van der Waals surface area contributed by atoms with Crippen molar-refractivity contribution in [3.63, 3.8) is 0 Å². The summed E-state index contributed by atoms with van der Waals surface area (Å²) in [7, 11) is 0. The van der Waals surface area contributed by atoms with Gasteiger partial charge in [0.2, 0.25) is 0 Å². The summed E-state index contributed by atoms with van der Waals surface area (Å²) in [5.74, 6) is -1.13. The van der Waals surface area contributed by atoms with E-state index in [0.717, 1.165) is 20.8 Å². The Morgan fingerprint density at radius 1 is 1.19 bits per heavy atom. The molecule has 1 amide bonds. The number of aromatic hydroxyl groups is 1. The van der Waals surface area contributed by atoms with E-state index in [1.54, 1.807) is 49.4 Å². The maximum Gasteiger partial charge on any atom is 0.279 e. The second kappa shape index (κ2) is 7.31. The predicted octanol–water partition coefficient (Wildman–Crippen LogP) is 3.91. The van der Waals surface area contributed by atoms with Crippen molar-refractivity contribution in [2.24, 2.45) is 0 Å². The molecule has 0 radical (unpaired) electrons. The van der Waals surface area contributed by atoms with Crippen molar-refractivity contribution in [3.05, 3.63) is 79.6 Å². The Bertz CT molecular complexity index is 1050. The van der Waals surface area contributed by atoms with Crippen LogP contribution >= 0.6 is 27.5 Å². The molecule has 0 spiro atoms. The van der Waals surface area contributed by atoms with Gasteiger partial charge in [-0.15, -0.1) is 0 Å². The highest BCUT2D eigenvalue weighted by Gasteiger charge is 2.17. The van der Waals surface area contributed by atoms with E-state index in [1.807, 2.05) is 0 Å². The van der Waals surface area contributed by atoms with E-state index in [4.69, 9.17) is 11.6 Å². The molecule has 0 saturated carbocycles. The number of hydrogen-bond donors (Lipinski definition) is 2. The molecule has 1 aromatic heterocycles. The molecule has 0 aliphatic carbocycles. The van der Waals surface area contributed by atoms with Gasteiger partial charge in [-0.05, 0) is 55.0 Å². The third-order valence-corrected chi connectivity index (χ3v) is 4.40. The van der Waals surface area contributed by atoms with E-state index in [1.165, 1.54) is 0 Å². The molecule has 0 bridgehead atoms. The largest absolute Gasteiger partial charge is 0.505 e. The highest BCUT2D eigenvalue weighted by atomic mass is 79.9. The summed E-state index contributed by atoms with van der Waals surface area (Å²) in [5, 5.41) is 17.2. The van der Waals surface area contributed by atoms with Crippen LogP contribution in [0.2, 0.25) is 5.02 Å². The van der Waals surface area contributed by atoms with E-state index in [-0.39, 0.29) is 5.69 Å². The van der Waals surface area contributed by atoms with Crippen LogP contribution in [0.15, 0.2) is 57.8 Å². The van der Waals surface area contributed by atoms with Crippen LogP contribution in [-0.4, -0.2) is 20.8 Å². The van der Waals surface area contributed by atoms with Crippen LogP contribution in [-0.2, 0) is 0 Å². The fourth-order valence-corrected chi connectivity index (χ4v) is 2.82. The van der Waals surface area contributed by atoms with Crippen molar-refractivity contribution in [3.8, 4) is 11.4 Å². The van der Waals surface area contributed by atoms with E-state index < -0.39 is 17.2 Å². The number of halogens is 2. The Morgan fingerprint density at radius 3 is 2.54 bits per heavy atom. The maximum atomic E-state index is 12.5. The minimum absolute atomic E-state index is 0.262. The first-order chi connectivity index (χ1) is 12.3. The normalized spacial score (nSPS) is 10.6. The van der Waals surface area contributed by atoms with Crippen molar-refractivity contribution < 1.29 is 9.90 Å². The molecule has 0 aliphatic heterocycles. The molecular weight excluding hydrogens is 422 g/mol. The standard InChI is InChI=1S/C18H13BrClN3O3/c1-10-8-12(20)4-7-14(10)21-18(26)17-15(24)9-16(25)23(22-17)13-5-2-11(19)3-6-13/h2-9,24H,1H3,(H,21,26). The fourth-order valence-electron chi connectivity index (χ4n) is 2.32. The number of hydrogen-bond acceptors (Lipinski definition) is 4. The number of nitrogens with zero attached hydrogens (tertiary/aromatic N) is 2. The van der Waals surface area contributed by atoms with Crippen molar-refractivity contribution in [1.82, 2.24) is 9.78 Å². The number of benzene rings is 2. The number of rotatable bonds is 3. The van der Waals surface area contributed by atoms with Gasteiger partial charge in [0, 0.05) is 21.2 Å². The van der Waals surface area contributed by atoms with Crippen LogP contribution in [0.3, 0.4) is 0 Å². The summed E-state index contributed by atoms with van der Waals surface area (Å²) in [5.41, 5.74) is 0.939. The quantitative estimate of drug-likeness (QED) is 0.654. The first-order valence-corrected chi connectivity index (χ1v) is 8.69. The number of aromatic nitrogens is 2. The number of nitrogens with one attached hydrogen (secondary N) is 1. The maximum absolute atomic E-state index is 12.5. The highest BCUT2D eigenvalue weighted by Crippen LogP contribution is 2.21. The van der Waals surface area contributed by atoms with Gasteiger partial charge in [-0.2, -0.15) is 9.78 Å². The van der Waals surface area contributed by atoms with Crippen LogP contribution in [0.5, 0.6) is 5.75 Å². The molecule has 0 aliphatic rings. The number of carbonyl (C=O) groups excluding carboxylic acids is 1. The minimum Gasteiger partial charge on any atom is -0.505 e. The van der Waals surface area contributed by atoms with Crippen LogP contribution in [0.4, 0.5) is 5.69 Å². The number of carbonyl (C=O) groups is 1. The molecule has 8 heteroatoms. The summed E-state index contributed by atoms with van der Waals surface area (Å²) in [6, 6.07) is 12.8. The van der Waals surface area contributed by atoms with Gasteiger partial charge < -0.3 is 10.4 Å². The van der Waals surface area contributed by atoms with Gasteiger partial charge in [0.05, 0.1) is 5.69 Å². The molecule has 132 valence electrons. The van der Waals surface area contributed by atoms with E-state index in [9.17, 15) is 14.7 Å². The lowest BCUT2D eigenvalue weighted by molar-refractivity contribution is 0.101. The number of aryl methyl sites for hydroxylation is 1. The molecule has 0 atom stereocenters. The first kappa shape index (κ1) is 18.2. The summed E-state index contributed by atoms with van der Waals surface area (Å²) in [4.78, 5) is 24.7. The van der Waals surface area contributed by atoms with Gasteiger partial charge in [0.15, 0.2) is 11.4 Å². The fraction of sp³-hybridized carbons (Fsp3) is 0.0556. The van der Waals surface area contributed by atoms with Crippen LogP contribution in [0.1, 0.15) is 16.1 Å². The van der Waals surface area contributed by atoms with Gasteiger partial charge in [-0.3, -0.25) is 9.59 Å². The predicted molar refractivity (Wildman–Crippen MR) is 103 cm³/mol. The topological polar surface area (TPSA) is 84.2 Å². The van der Waals surface area contributed by atoms with Crippen molar-refractivity contribution in [2.45, 2.75) is 6.92 Å². The van der Waals surface area contributed by atoms with E-state index in [0.29, 0.717) is 16.4 Å². The zero-order valence-electron chi connectivity index (χ0n) is 13.5. The third kappa shape index (κ3) is 3.79. The van der Waals surface area contributed by atoms with Crippen LogP contribution < -0.4 is 10.9 Å². The van der Waals surface area contributed by atoms with Crippen LogP contribution in [0.25, 0.3) is 5.69 Å². The zero-order valence-corrected chi connectivity index (χ0v) is 15.9. The molecule has 3 rings (SSSR count). The minimum atomic E-state index is -0.640. The van der Waals surface area contributed by atoms with Gasteiger partial charge >= 0.3 is 0 Å². The Labute approximate surface area is 162 Å². The molecular formula is C18H13BrClN3O3. The molecule has 1 heterocycles. The molecule has 2 aromatic carbocycles. The average molecular weight is 435 g/mol. The lowest BCUT2D eigenvalue weighted by Gasteiger charge is -2.11. The molecule has 26 heavy (non-hydrogen) atoms. The van der Waals surface area contributed by atoms with Crippen molar-refractivity contribution in [2.75, 3.05) is 5.32 Å². The second-order valence-electron chi connectivity index (χ2n) is 5.52. The summed E-state index contributed by atoms with van der Waals surface area (Å²) >= 11 is 9.22. The van der Waals surface area contributed by atoms with Gasteiger partial charge in [-0.1, -0.05) is 27.5 Å². The molecule has 2 N–H and O–H groups in total. The van der Waals surface area contributed by atoms with Crippen LogP contribution in [0, 0.1) is 6.92 Å². The monoisotopic (exact) mass is 433 g/mol. The van der Waals surface area contributed by atoms with Gasteiger partial charge in [0.25, 0.3) is 11.5 Å². The lowest BCUT2D eigenvalue weighted by atomic mass is 10.2. The van der Waals surface area contributed by atoms with Gasteiger partial charge in [-0.25, -0.2) is 0 Å². The second-order valence-corrected chi connectivity index (χ2v) is 6.87. The summed E-state index contributed by atoms with van der Waals surface area (Å²) in [6.07, 6.45) is 0. The SMILES string of the molecule is Cc1cc(Cl)ccc1NC(=O)c1nn(-c2ccc(Br)cc2)c(=O)cc1O. The molecule has 0 unspecified atom stereocenters. The molecule has 6 nitrogen and oxygen atoms in total. The Kier molecular flexibility index (Phi) is 5.11. The molecule has 0 saturated heterocycles. The first-order valence-electron chi connectivity index (χ1n) is 7.52. The number of anilines is 1. The third-order valence-electron chi connectivity index (χ3n) is 3.63. The van der Waals surface area contributed by atoms with E-state index >= 15 is 0 Å². The molecule has 0 fully saturated rings. The van der Waals surface area contributed by atoms with E-state index in [2.05, 4.69) is 26.3 Å². The smallest absolute Gasteiger partial charge is 0.279 e. The van der Waals surface area contributed by atoms with Gasteiger partial charge in [0.1, 0.15) is 0 Å². The lowest BCUT2D eigenvalue weighted by Crippen LogP contribution is -2.25. The number of amides is 1. The molecule has 3 aromatic rings. The highest BCUT2D eigenvalue weighted by molar-refractivity contribution is 9.10. The van der Waals surface area contributed by atoms with Crippen molar-refractivity contribution >= 4 is 39.1 Å². The zero-order chi connectivity index (χ0) is 18.8. The summed E-state index contributed by atoms with van der Waals surface area (Å²) in [6.45, 7) is 1.79. The average Bonchev–Trinajstić information content (AvgIpc) is 2.58. The summed E-state index contributed by atoms with van der Waals surface area (Å²) < 4.78 is 1.89. The Hall–Kier alpha value is -2.64. The Balaban J connectivity index is 1.99. The van der Waals surface area contributed by atoms with Crippen molar-refractivity contribution in [1.29, 1.82) is 0 Å².